The second-order valence-corrected chi connectivity index (χ2v) is 9.63. The molecule has 1 fully saturated rings. The molecule has 1 heterocycles. The zero-order chi connectivity index (χ0) is 20.7. The summed E-state index contributed by atoms with van der Waals surface area (Å²) in [5.74, 6) is 0.985. The largest absolute Gasteiger partial charge is 0.352 e. The number of hydrogen-bond donors (Lipinski definition) is 1. The van der Waals surface area contributed by atoms with Crippen LogP contribution in [-0.2, 0) is 22.1 Å². The first-order chi connectivity index (χ1) is 13.9. The molecule has 0 aromatic heterocycles. The molecule has 1 aliphatic heterocycles. The van der Waals surface area contributed by atoms with Crippen molar-refractivity contribution in [2.24, 2.45) is 4.99 Å². The summed E-state index contributed by atoms with van der Waals surface area (Å²) in [5, 5.41) is 3.43. The van der Waals surface area contributed by atoms with E-state index in [0.717, 1.165) is 43.0 Å². The summed E-state index contributed by atoms with van der Waals surface area (Å²) in [6, 6.07) is 18.2. The Bertz CT molecular complexity index is 955. The first kappa shape index (κ1) is 21.1. The van der Waals surface area contributed by atoms with Crippen molar-refractivity contribution in [2.45, 2.75) is 25.1 Å². The first-order valence-electron chi connectivity index (χ1n) is 9.88. The lowest BCUT2D eigenvalue weighted by Crippen LogP contribution is -2.44. The molecule has 0 saturated carbocycles. The topological polar surface area (TPSA) is 61.8 Å². The number of sulfone groups is 1. The Morgan fingerprint density at radius 1 is 1.03 bits per heavy atom. The fraction of sp³-hybridized carbons (Fsp3) is 0.348. The van der Waals surface area contributed by atoms with Crippen molar-refractivity contribution < 1.29 is 8.42 Å². The molecule has 6 heteroatoms. The van der Waals surface area contributed by atoms with Crippen LogP contribution in [0.3, 0.4) is 0 Å². The summed E-state index contributed by atoms with van der Waals surface area (Å²) in [4.78, 5) is 6.73. The molecular weight excluding hydrogens is 382 g/mol. The van der Waals surface area contributed by atoms with Crippen molar-refractivity contribution in [1.29, 1.82) is 0 Å². The summed E-state index contributed by atoms with van der Waals surface area (Å²) in [6.45, 7) is 2.56. The monoisotopic (exact) mass is 411 g/mol. The lowest BCUT2D eigenvalue weighted by molar-refractivity contribution is 0.375. The third kappa shape index (κ3) is 6.75. The number of nitrogens with zero attached hydrogens (tertiary/aromatic N) is 2. The second kappa shape index (κ2) is 9.74. The third-order valence-corrected chi connectivity index (χ3v) is 5.85. The Balaban J connectivity index is 1.52. The van der Waals surface area contributed by atoms with Crippen molar-refractivity contribution in [3.05, 3.63) is 76.9 Å². The Morgan fingerprint density at radius 3 is 2.24 bits per heavy atom. The van der Waals surface area contributed by atoms with E-state index in [4.69, 9.17) is 0 Å². The highest BCUT2D eigenvalue weighted by Crippen LogP contribution is 2.19. The van der Waals surface area contributed by atoms with E-state index >= 15 is 0 Å². The number of rotatable bonds is 5. The average molecular weight is 412 g/mol. The van der Waals surface area contributed by atoms with Gasteiger partial charge in [0.1, 0.15) is 0 Å². The molecule has 29 heavy (non-hydrogen) atoms. The molecule has 0 bridgehead atoms. The maximum atomic E-state index is 11.4. The number of likely N-dealkylation sites (tertiary alicyclic amines) is 1. The molecule has 0 unspecified atom stereocenters. The summed E-state index contributed by atoms with van der Waals surface area (Å²) >= 11 is 0. The normalized spacial score (nSPS) is 15.3. The molecule has 1 saturated heterocycles. The molecule has 1 aliphatic rings. The maximum Gasteiger partial charge on any atom is 0.193 e. The van der Waals surface area contributed by atoms with Crippen LogP contribution in [0.5, 0.6) is 0 Å². The van der Waals surface area contributed by atoms with Gasteiger partial charge in [0, 0.05) is 32.9 Å². The predicted molar refractivity (Wildman–Crippen MR) is 120 cm³/mol. The molecule has 2 aromatic carbocycles. The van der Waals surface area contributed by atoms with Crippen molar-refractivity contribution in [2.75, 3.05) is 26.4 Å². The highest BCUT2D eigenvalue weighted by atomic mass is 32.2. The van der Waals surface area contributed by atoms with E-state index < -0.39 is 9.84 Å². The van der Waals surface area contributed by atoms with Crippen LogP contribution in [0.1, 0.15) is 29.5 Å². The predicted octanol–water partition coefficient (Wildman–Crippen LogP) is 3.49. The van der Waals surface area contributed by atoms with Gasteiger partial charge in [0.25, 0.3) is 0 Å². The second-order valence-electron chi connectivity index (χ2n) is 7.49. The molecule has 1 N–H and O–H groups in total. The van der Waals surface area contributed by atoms with Gasteiger partial charge in [0.2, 0.25) is 0 Å². The van der Waals surface area contributed by atoms with Gasteiger partial charge in [-0.05, 0) is 29.5 Å². The number of guanidine groups is 1. The zero-order valence-corrected chi connectivity index (χ0v) is 18.0. The summed E-state index contributed by atoms with van der Waals surface area (Å²) in [5.41, 5.74) is 4.65. The van der Waals surface area contributed by atoms with Crippen LogP contribution < -0.4 is 5.32 Å². The minimum atomic E-state index is -3.00. The SMILES string of the molecule is CN=C(NCc1ccc(CS(C)(=O)=O)cc1)N1CCC(=Cc2ccccc2)CC1. The van der Waals surface area contributed by atoms with E-state index in [0.29, 0.717) is 6.54 Å². The van der Waals surface area contributed by atoms with Crippen molar-refractivity contribution in [3.63, 3.8) is 0 Å². The van der Waals surface area contributed by atoms with Crippen LogP contribution in [0.4, 0.5) is 0 Å². The minimum absolute atomic E-state index is 0.0784. The van der Waals surface area contributed by atoms with Crippen LogP contribution in [0.2, 0.25) is 0 Å². The van der Waals surface area contributed by atoms with E-state index in [1.54, 1.807) is 0 Å². The molecule has 154 valence electrons. The lowest BCUT2D eigenvalue weighted by atomic mass is 10.0. The number of nitrogens with one attached hydrogen (secondary N) is 1. The number of aliphatic imine (C=N–C) groups is 1. The minimum Gasteiger partial charge on any atom is -0.352 e. The quantitative estimate of drug-likeness (QED) is 0.604. The van der Waals surface area contributed by atoms with E-state index in [9.17, 15) is 8.42 Å². The summed E-state index contributed by atoms with van der Waals surface area (Å²) < 4.78 is 22.8. The van der Waals surface area contributed by atoms with Gasteiger partial charge in [0.05, 0.1) is 5.75 Å². The molecular formula is C23H29N3O2S. The van der Waals surface area contributed by atoms with Gasteiger partial charge in [-0.3, -0.25) is 4.99 Å². The van der Waals surface area contributed by atoms with Crippen LogP contribution in [0, 0.1) is 0 Å². The zero-order valence-electron chi connectivity index (χ0n) is 17.1. The number of hydrogen-bond acceptors (Lipinski definition) is 3. The van der Waals surface area contributed by atoms with Crippen LogP contribution in [0.25, 0.3) is 6.08 Å². The summed E-state index contributed by atoms with van der Waals surface area (Å²) in [6.07, 6.45) is 5.63. The van der Waals surface area contributed by atoms with Gasteiger partial charge in [0.15, 0.2) is 15.8 Å². The molecule has 0 amide bonds. The third-order valence-electron chi connectivity index (χ3n) is 4.99. The fourth-order valence-electron chi connectivity index (χ4n) is 3.50. The Hall–Kier alpha value is -2.60. The van der Waals surface area contributed by atoms with Gasteiger partial charge in [-0.15, -0.1) is 0 Å². The van der Waals surface area contributed by atoms with E-state index in [1.165, 1.54) is 17.4 Å². The maximum absolute atomic E-state index is 11.4. The Morgan fingerprint density at radius 2 is 1.66 bits per heavy atom. The first-order valence-corrected chi connectivity index (χ1v) is 11.9. The highest BCUT2D eigenvalue weighted by Gasteiger charge is 2.17. The average Bonchev–Trinajstić information content (AvgIpc) is 2.70. The van der Waals surface area contributed by atoms with Crippen LogP contribution in [0.15, 0.2) is 65.2 Å². The molecule has 3 rings (SSSR count). The smallest absolute Gasteiger partial charge is 0.193 e. The number of benzene rings is 2. The Labute approximate surface area is 174 Å². The van der Waals surface area contributed by atoms with Gasteiger partial charge in [-0.25, -0.2) is 8.42 Å². The number of piperidine rings is 1. The fourth-order valence-corrected chi connectivity index (χ4v) is 4.30. The van der Waals surface area contributed by atoms with Crippen molar-refractivity contribution >= 4 is 21.9 Å². The van der Waals surface area contributed by atoms with E-state index in [2.05, 4.69) is 45.6 Å². The van der Waals surface area contributed by atoms with Gasteiger partial charge in [-0.2, -0.15) is 0 Å². The molecule has 2 aromatic rings. The van der Waals surface area contributed by atoms with Crippen LogP contribution >= 0.6 is 0 Å². The molecule has 5 nitrogen and oxygen atoms in total. The van der Waals surface area contributed by atoms with Crippen molar-refractivity contribution in [3.8, 4) is 0 Å². The standard InChI is InChI=1S/C23H29N3O2S/c1-24-23(25-17-21-8-10-22(11-9-21)18-29(2,27)28)26-14-12-20(13-15-26)16-19-6-4-3-5-7-19/h3-11,16H,12-15,17-18H2,1-2H3,(H,24,25). The van der Waals surface area contributed by atoms with E-state index in [-0.39, 0.29) is 5.75 Å². The van der Waals surface area contributed by atoms with E-state index in [1.807, 2.05) is 37.4 Å². The lowest BCUT2D eigenvalue weighted by Gasteiger charge is -2.31. The van der Waals surface area contributed by atoms with Gasteiger partial charge >= 0.3 is 0 Å². The van der Waals surface area contributed by atoms with Gasteiger partial charge < -0.3 is 10.2 Å². The summed E-state index contributed by atoms with van der Waals surface area (Å²) in [7, 11) is -1.19. The highest BCUT2D eigenvalue weighted by molar-refractivity contribution is 7.89. The molecule has 0 spiro atoms. The van der Waals surface area contributed by atoms with Gasteiger partial charge in [-0.1, -0.05) is 66.2 Å². The Kier molecular flexibility index (Phi) is 7.09. The van der Waals surface area contributed by atoms with Crippen molar-refractivity contribution in [1.82, 2.24) is 10.2 Å². The molecule has 0 aliphatic carbocycles. The molecule has 0 atom stereocenters. The van der Waals surface area contributed by atoms with Crippen LogP contribution in [-0.4, -0.2) is 45.7 Å². The molecule has 0 radical (unpaired) electrons.